The molecule has 0 heterocycles. The van der Waals surface area contributed by atoms with Crippen molar-refractivity contribution in [3.05, 3.63) is 34.9 Å². The van der Waals surface area contributed by atoms with E-state index in [0.29, 0.717) is 29.2 Å². The Morgan fingerprint density at radius 3 is 1.61 bits per heavy atom. The van der Waals surface area contributed by atoms with E-state index in [1.54, 1.807) is 0 Å². The van der Waals surface area contributed by atoms with Gasteiger partial charge in [0.25, 0.3) is 0 Å². The maximum Gasteiger partial charge on any atom is 0.0847 e. The summed E-state index contributed by atoms with van der Waals surface area (Å²) in [6.45, 7) is 19.6. The molecule has 0 aromatic heterocycles. The Labute approximate surface area is 178 Å². The lowest BCUT2D eigenvalue weighted by Gasteiger charge is -2.37. The Kier molecular flexibility index (Phi) is 9.98. The van der Waals surface area contributed by atoms with Gasteiger partial charge in [0.1, 0.15) is 0 Å². The van der Waals surface area contributed by atoms with Gasteiger partial charge < -0.3 is 0 Å². The molecule has 0 bridgehead atoms. The van der Waals surface area contributed by atoms with Crippen molar-refractivity contribution < 1.29 is 0 Å². The van der Waals surface area contributed by atoms with Gasteiger partial charge in [0.05, 0.1) is 11.5 Å². The van der Waals surface area contributed by atoms with Gasteiger partial charge >= 0.3 is 0 Å². The Hall–Kier alpha value is -1.08. The predicted molar refractivity (Wildman–Crippen MR) is 122 cm³/mol. The molecule has 158 valence electrons. The number of nitriles is 1. The van der Waals surface area contributed by atoms with Gasteiger partial charge in [-0.3, -0.25) is 9.80 Å². The first-order chi connectivity index (χ1) is 13.0. The second-order valence-corrected chi connectivity index (χ2v) is 9.49. The van der Waals surface area contributed by atoms with Crippen LogP contribution < -0.4 is 0 Å². The van der Waals surface area contributed by atoms with Crippen molar-refractivity contribution in [2.24, 2.45) is 0 Å². The topological polar surface area (TPSA) is 30.3 Å². The summed E-state index contributed by atoms with van der Waals surface area (Å²) in [7, 11) is 0. The summed E-state index contributed by atoms with van der Waals surface area (Å²) >= 11 is 6.30. The fourth-order valence-electron chi connectivity index (χ4n) is 4.24. The maximum absolute atomic E-state index is 10.4. The van der Waals surface area contributed by atoms with E-state index in [4.69, 9.17) is 11.6 Å². The molecule has 28 heavy (non-hydrogen) atoms. The van der Waals surface area contributed by atoms with Gasteiger partial charge in [0.2, 0.25) is 0 Å². The first kappa shape index (κ1) is 25.0. The lowest BCUT2D eigenvalue weighted by Crippen LogP contribution is -2.43. The minimum absolute atomic E-state index is 0.457. The van der Waals surface area contributed by atoms with E-state index < -0.39 is 5.41 Å². The van der Waals surface area contributed by atoms with Crippen molar-refractivity contribution in [3.63, 3.8) is 0 Å². The molecule has 0 atom stereocenters. The van der Waals surface area contributed by atoms with E-state index in [9.17, 15) is 5.26 Å². The molecule has 0 aliphatic heterocycles. The van der Waals surface area contributed by atoms with E-state index in [2.05, 4.69) is 77.3 Å². The molecule has 0 aliphatic carbocycles. The van der Waals surface area contributed by atoms with Crippen LogP contribution in [0.2, 0.25) is 5.02 Å². The van der Waals surface area contributed by atoms with Crippen LogP contribution >= 0.6 is 11.6 Å². The van der Waals surface area contributed by atoms with Crippen LogP contribution in [0.1, 0.15) is 73.8 Å². The van der Waals surface area contributed by atoms with Crippen molar-refractivity contribution in [2.75, 3.05) is 13.1 Å². The SMILES string of the molecule is CC(C)N(CCC(C#N)(CCN(C(C)C)C(C)C)c1cccc(Cl)c1)C(C)C. The zero-order valence-electron chi connectivity index (χ0n) is 19.2. The van der Waals surface area contributed by atoms with Gasteiger partial charge in [-0.2, -0.15) is 5.26 Å². The van der Waals surface area contributed by atoms with Crippen molar-refractivity contribution in [1.82, 2.24) is 9.80 Å². The Balaban J connectivity index is 3.20. The van der Waals surface area contributed by atoms with Gasteiger partial charge in [-0.1, -0.05) is 23.7 Å². The quantitative estimate of drug-likeness (QED) is 0.444. The van der Waals surface area contributed by atoms with E-state index in [1.807, 2.05) is 18.2 Å². The summed E-state index contributed by atoms with van der Waals surface area (Å²) in [5, 5.41) is 11.1. The van der Waals surface area contributed by atoms with Crippen LogP contribution in [-0.4, -0.2) is 47.1 Å². The third-order valence-corrected chi connectivity index (χ3v) is 6.07. The fourth-order valence-corrected chi connectivity index (χ4v) is 4.43. The predicted octanol–water partition coefficient (Wildman–Crippen LogP) is 6.12. The van der Waals surface area contributed by atoms with Crippen LogP contribution in [0.25, 0.3) is 0 Å². The summed E-state index contributed by atoms with van der Waals surface area (Å²) in [5.74, 6) is 0. The van der Waals surface area contributed by atoms with Gasteiger partial charge in [-0.25, -0.2) is 0 Å². The molecule has 0 N–H and O–H groups in total. The number of benzene rings is 1. The highest BCUT2D eigenvalue weighted by Gasteiger charge is 2.34. The second-order valence-electron chi connectivity index (χ2n) is 9.05. The zero-order chi connectivity index (χ0) is 21.5. The van der Waals surface area contributed by atoms with Crippen LogP contribution in [0.5, 0.6) is 0 Å². The van der Waals surface area contributed by atoms with E-state index in [0.717, 1.165) is 31.5 Å². The normalized spacial score (nSPS) is 12.8. The second kappa shape index (κ2) is 11.2. The van der Waals surface area contributed by atoms with Crippen molar-refractivity contribution in [1.29, 1.82) is 5.26 Å². The highest BCUT2D eigenvalue weighted by molar-refractivity contribution is 6.30. The number of nitrogens with zero attached hydrogens (tertiary/aromatic N) is 3. The fraction of sp³-hybridized carbons (Fsp3) is 0.708. The first-order valence-electron chi connectivity index (χ1n) is 10.7. The summed E-state index contributed by atoms with van der Waals surface area (Å²) < 4.78 is 0. The molecule has 0 saturated carbocycles. The highest BCUT2D eigenvalue weighted by atomic mass is 35.5. The lowest BCUT2D eigenvalue weighted by molar-refractivity contribution is 0.143. The molecule has 1 aromatic rings. The van der Waals surface area contributed by atoms with Crippen LogP contribution in [-0.2, 0) is 5.41 Å². The number of hydrogen-bond acceptors (Lipinski definition) is 3. The molecule has 0 amide bonds. The Morgan fingerprint density at radius 1 is 0.857 bits per heavy atom. The van der Waals surface area contributed by atoms with Gasteiger partial charge in [-0.05, 0) is 85.9 Å². The molecule has 0 aliphatic rings. The number of hydrogen-bond donors (Lipinski definition) is 0. The van der Waals surface area contributed by atoms with Crippen LogP contribution in [0.3, 0.4) is 0 Å². The maximum atomic E-state index is 10.4. The molecule has 0 spiro atoms. The third kappa shape index (κ3) is 6.76. The molecular formula is C24H40ClN3. The molecule has 0 radical (unpaired) electrons. The molecule has 1 rings (SSSR count). The Bertz CT molecular complexity index is 591. The summed E-state index contributed by atoms with van der Waals surface area (Å²) in [5.41, 5.74) is 0.511. The molecule has 0 saturated heterocycles. The van der Waals surface area contributed by atoms with Crippen molar-refractivity contribution in [2.45, 2.75) is 97.8 Å². The monoisotopic (exact) mass is 405 g/mol. The van der Waals surface area contributed by atoms with Crippen LogP contribution in [0, 0.1) is 11.3 Å². The summed E-state index contributed by atoms with van der Waals surface area (Å²) in [6, 6.07) is 12.4. The molecule has 1 aromatic carbocycles. The summed E-state index contributed by atoms with van der Waals surface area (Å²) in [4.78, 5) is 4.94. The smallest absolute Gasteiger partial charge is 0.0847 e. The average Bonchev–Trinajstić information content (AvgIpc) is 2.59. The van der Waals surface area contributed by atoms with Crippen molar-refractivity contribution in [3.8, 4) is 6.07 Å². The number of halogens is 1. The average molecular weight is 406 g/mol. The Morgan fingerprint density at radius 2 is 1.29 bits per heavy atom. The molecule has 3 nitrogen and oxygen atoms in total. The zero-order valence-corrected chi connectivity index (χ0v) is 19.9. The molecule has 0 fully saturated rings. The van der Waals surface area contributed by atoms with E-state index in [-0.39, 0.29) is 0 Å². The number of rotatable bonds is 11. The largest absolute Gasteiger partial charge is 0.298 e. The van der Waals surface area contributed by atoms with Gasteiger partial charge in [0.15, 0.2) is 0 Å². The molecule has 4 heteroatoms. The first-order valence-corrected chi connectivity index (χ1v) is 11.1. The van der Waals surface area contributed by atoms with Crippen molar-refractivity contribution >= 4 is 11.6 Å². The minimum Gasteiger partial charge on any atom is -0.298 e. The van der Waals surface area contributed by atoms with E-state index >= 15 is 0 Å². The standard InChI is InChI=1S/C24H40ClN3/c1-18(2)27(19(3)4)14-12-24(17-26,22-10-9-11-23(25)16-22)13-15-28(20(5)6)21(7)8/h9-11,16,18-21H,12-15H2,1-8H3. The molecular weight excluding hydrogens is 366 g/mol. The summed E-state index contributed by atoms with van der Waals surface area (Å²) in [6.07, 6.45) is 1.62. The minimum atomic E-state index is -0.533. The van der Waals surface area contributed by atoms with Gasteiger partial charge in [-0.15, -0.1) is 0 Å². The van der Waals surface area contributed by atoms with Gasteiger partial charge in [0, 0.05) is 42.3 Å². The van der Waals surface area contributed by atoms with Crippen LogP contribution in [0.4, 0.5) is 0 Å². The third-order valence-electron chi connectivity index (χ3n) is 5.84. The van der Waals surface area contributed by atoms with E-state index in [1.165, 1.54) is 0 Å². The van der Waals surface area contributed by atoms with Crippen LogP contribution in [0.15, 0.2) is 24.3 Å². The highest BCUT2D eigenvalue weighted by Crippen LogP contribution is 2.34. The molecule has 0 unspecified atom stereocenters. The lowest BCUT2D eigenvalue weighted by atomic mass is 9.75.